The van der Waals surface area contributed by atoms with Crippen LogP contribution in [0.25, 0.3) is 0 Å². The fourth-order valence-corrected chi connectivity index (χ4v) is 6.64. The molecule has 0 spiro atoms. The zero-order valence-corrected chi connectivity index (χ0v) is 31.2. The van der Waals surface area contributed by atoms with Crippen LogP contribution in [-0.2, 0) is 29.3 Å². The van der Waals surface area contributed by atoms with Gasteiger partial charge in [-0.15, -0.1) is 0 Å². The van der Waals surface area contributed by atoms with Crippen molar-refractivity contribution in [2.45, 2.75) is 42.7 Å². The van der Waals surface area contributed by atoms with Gasteiger partial charge in [0.2, 0.25) is 0 Å². The Morgan fingerprint density at radius 1 is 0.776 bits per heavy atom. The van der Waals surface area contributed by atoms with E-state index in [9.17, 15) is 37.5 Å². The van der Waals surface area contributed by atoms with E-state index in [2.05, 4.69) is 4.74 Å². The lowest BCUT2D eigenvalue weighted by Gasteiger charge is -2.37. The third-order valence-electron chi connectivity index (χ3n) is 9.47. The van der Waals surface area contributed by atoms with Crippen LogP contribution in [-0.4, -0.2) is 84.6 Å². The van der Waals surface area contributed by atoms with Crippen LogP contribution in [0.15, 0.2) is 131 Å². The van der Waals surface area contributed by atoms with Gasteiger partial charge in [0.1, 0.15) is 35.4 Å². The van der Waals surface area contributed by atoms with Gasteiger partial charge in [-0.25, -0.2) is 4.79 Å². The first-order valence-corrected chi connectivity index (χ1v) is 18.0. The maximum Gasteiger partial charge on any atom is 0.422 e. The van der Waals surface area contributed by atoms with E-state index >= 15 is 0 Å². The van der Waals surface area contributed by atoms with Crippen LogP contribution in [0.1, 0.15) is 39.7 Å². The third kappa shape index (κ3) is 9.05. The average molecular weight is 805 g/mol. The molecule has 1 aromatic heterocycles. The van der Waals surface area contributed by atoms with Crippen molar-refractivity contribution in [3.63, 3.8) is 0 Å². The summed E-state index contributed by atoms with van der Waals surface area (Å²) >= 11 is 0. The molecule has 2 unspecified atom stereocenters. The van der Waals surface area contributed by atoms with Gasteiger partial charge in [-0.2, -0.15) is 17.7 Å². The summed E-state index contributed by atoms with van der Waals surface area (Å²) in [6.07, 6.45) is -10.2. The van der Waals surface area contributed by atoms with Gasteiger partial charge >= 0.3 is 17.8 Å². The summed E-state index contributed by atoms with van der Waals surface area (Å²) in [5.41, 5.74) is -1.41. The molecule has 5 aromatic rings. The van der Waals surface area contributed by atoms with E-state index in [4.69, 9.17) is 23.7 Å². The van der Waals surface area contributed by atoms with Crippen molar-refractivity contribution in [2.75, 3.05) is 34.0 Å². The van der Waals surface area contributed by atoms with Crippen molar-refractivity contribution in [3.8, 4) is 11.5 Å². The SMILES string of the molecule is COc1ccc(C(OC[C@H]2O[C@@H](n3ccc(=O)n(C(=O)c4ccccc4)c3=O)C(OCCC(=O)OCC(F)(F)F)C2O)(c2ccccc2)c2ccc(OC)cc2)cc1. The van der Waals surface area contributed by atoms with Crippen molar-refractivity contribution in [2.24, 2.45) is 0 Å². The molecule has 2 heterocycles. The number of aromatic nitrogens is 2. The molecule has 1 aliphatic heterocycles. The highest BCUT2D eigenvalue weighted by Gasteiger charge is 2.48. The molecule has 6 rings (SSSR count). The monoisotopic (exact) mass is 804 g/mol. The van der Waals surface area contributed by atoms with Gasteiger partial charge < -0.3 is 33.5 Å². The van der Waals surface area contributed by atoms with Crippen LogP contribution in [0.3, 0.4) is 0 Å². The number of ether oxygens (including phenoxy) is 6. The van der Waals surface area contributed by atoms with Crippen LogP contribution in [0.2, 0.25) is 0 Å². The standard InChI is InChI=1S/C42H39F3N2O11/c1-53-31-17-13-29(14-18-31)42(28-11-7-4-8-12-28,30-15-19-32(54-2)20-16-30)57-25-33-36(50)37(55-24-22-35(49)56-26-41(43,44)45)39(58-33)46-23-21-34(48)47(40(46)52)38(51)27-9-5-3-6-10-27/h3-21,23,33,36-37,39,50H,22,24-26H2,1-2H3/t33-,36?,37?,39-/m1/s1. The second-order valence-electron chi connectivity index (χ2n) is 13.1. The minimum atomic E-state index is -4.75. The van der Waals surface area contributed by atoms with Crippen LogP contribution >= 0.6 is 0 Å². The molecule has 4 aromatic carbocycles. The molecule has 0 radical (unpaired) electrons. The van der Waals surface area contributed by atoms with Gasteiger partial charge in [-0.05, 0) is 53.1 Å². The Labute approximate surface area is 329 Å². The number of halogens is 3. The second-order valence-corrected chi connectivity index (χ2v) is 13.1. The average Bonchev–Trinajstić information content (AvgIpc) is 3.54. The van der Waals surface area contributed by atoms with Crippen LogP contribution in [0.4, 0.5) is 13.2 Å². The summed E-state index contributed by atoms with van der Waals surface area (Å²) in [6.45, 7) is -2.73. The van der Waals surface area contributed by atoms with Gasteiger partial charge in [-0.1, -0.05) is 72.8 Å². The first-order valence-electron chi connectivity index (χ1n) is 18.0. The van der Waals surface area contributed by atoms with E-state index in [1.54, 1.807) is 42.5 Å². The third-order valence-corrected chi connectivity index (χ3v) is 9.47. The molecule has 304 valence electrons. The lowest BCUT2D eigenvalue weighted by atomic mass is 9.80. The molecule has 16 heteroatoms. The fraction of sp³-hybridized carbons (Fsp3) is 0.286. The summed E-state index contributed by atoms with van der Waals surface area (Å²) in [5.74, 6) is -0.997. The highest BCUT2D eigenvalue weighted by atomic mass is 19.4. The maximum atomic E-state index is 13.9. The van der Waals surface area contributed by atoms with E-state index in [0.717, 1.165) is 16.8 Å². The lowest BCUT2D eigenvalue weighted by molar-refractivity contribution is -0.187. The Balaban J connectivity index is 1.38. The number of alkyl halides is 3. The van der Waals surface area contributed by atoms with Crippen molar-refractivity contribution in [3.05, 3.63) is 165 Å². The fourth-order valence-electron chi connectivity index (χ4n) is 6.64. The van der Waals surface area contributed by atoms with Gasteiger partial charge in [0.05, 0.1) is 33.9 Å². The molecule has 0 bridgehead atoms. The Morgan fingerprint density at radius 3 is 1.88 bits per heavy atom. The van der Waals surface area contributed by atoms with E-state index < -0.39 is 79.1 Å². The number of aliphatic hydroxyl groups excluding tert-OH is 1. The zero-order valence-electron chi connectivity index (χ0n) is 31.2. The first kappa shape index (κ1) is 41.6. The van der Waals surface area contributed by atoms with E-state index in [-0.39, 0.29) is 12.2 Å². The van der Waals surface area contributed by atoms with E-state index in [0.29, 0.717) is 32.8 Å². The number of hydrogen-bond acceptors (Lipinski definition) is 11. The Morgan fingerprint density at radius 2 is 1.33 bits per heavy atom. The molecule has 1 N–H and O–H groups in total. The van der Waals surface area contributed by atoms with E-state index in [1.807, 2.05) is 54.6 Å². The predicted octanol–water partition coefficient (Wildman–Crippen LogP) is 4.86. The van der Waals surface area contributed by atoms with Gasteiger partial charge in [0, 0.05) is 17.8 Å². The second kappa shape index (κ2) is 18.0. The van der Waals surface area contributed by atoms with Gasteiger partial charge in [-0.3, -0.25) is 19.0 Å². The summed E-state index contributed by atoms with van der Waals surface area (Å²) in [5, 5.41) is 11.8. The minimum Gasteiger partial charge on any atom is -0.497 e. The summed E-state index contributed by atoms with van der Waals surface area (Å²) in [7, 11) is 3.07. The van der Waals surface area contributed by atoms with Crippen molar-refractivity contribution in [1.29, 1.82) is 0 Å². The van der Waals surface area contributed by atoms with E-state index in [1.165, 1.54) is 26.4 Å². The largest absolute Gasteiger partial charge is 0.497 e. The van der Waals surface area contributed by atoms with Gasteiger partial charge in [0.25, 0.3) is 11.5 Å². The Kier molecular flexibility index (Phi) is 12.9. The molecule has 1 aliphatic rings. The molecule has 1 fully saturated rings. The molecule has 0 aliphatic carbocycles. The van der Waals surface area contributed by atoms with Crippen LogP contribution < -0.4 is 20.7 Å². The highest BCUT2D eigenvalue weighted by Crippen LogP contribution is 2.43. The topological polar surface area (TPSA) is 154 Å². The number of benzene rings is 4. The number of carbonyl (C=O) groups is 2. The van der Waals surface area contributed by atoms with Crippen LogP contribution in [0, 0.1) is 0 Å². The molecule has 4 atom stereocenters. The zero-order chi connectivity index (χ0) is 41.5. The quantitative estimate of drug-likeness (QED) is 0.114. The number of rotatable bonds is 15. The summed E-state index contributed by atoms with van der Waals surface area (Å²) in [6, 6.07) is 32.1. The maximum absolute atomic E-state index is 13.9. The molecule has 0 amide bonds. The van der Waals surface area contributed by atoms with Crippen molar-refractivity contribution in [1.82, 2.24) is 9.13 Å². The lowest BCUT2D eigenvalue weighted by Crippen LogP contribution is -2.46. The number of carbonyl (C=O) groups excluding carboxylic acids is 2. The summed E-state index contributed by atoms with van der Waals surface area (Å²) < 4.78 is 73.4. The molecule has 13 nitrogen and oxygen atoms in total. The molecule has 0 saturated carbocycles. The summed E-state index contributed by atoms with van der Waals surface area (Å²) in [4.78, 5) is 52.4. The molecule has 1 saturated heterocycles. The Bertz CT molecular complexity index is 2230. The first-order chi connectivity index (χ1) is 27.9. The number of aliphatic hydroxyl groups is 1. The minimum absolute atomic E-state index is 0.0394. The molecular formula is C42H39F3N2O11. The number of esters is 1. The number of hydrogen-bond donors (Lipinski definition) is 1. The normalized spacial score (nSPS) is 18.1. The van der Waals surface area contributed by atoms with Crippen molar-refractivity contribution >= 4 is 11.9 Å². The van der Waals surface area contributed by atoms with Crippen molar-refractivity contribution < 1.29 is 56.3 Å². The highest BCUT2D eigenvalue weighted by molar-refractivity contribution is 5.95. The Hall–Kier alpha value is -6.07. The van der Waals surface area contributed by atoms with Crippen LogP contribution in [0.5, 0.6) is 11.5 Å². The van der Waals surface area contributed by atoms with Gasteiger partial charge in [0.15, 0.2) is 12.8 Å². The molecule has 58 heavy (non-hydrogen) atoms. The number of nitrogens with zero attached hydrogens (tertiary/aromatic N) is 2. The smallest absolute Gasteiger partial charge is 0.422 e. The molecular weight excluding hydrogens is 765 g/mol. The predicted molar refractivity (Wildman–Crippen MR) is 201 cm³/mol. The number of methoxy groups -OCH3 is 2.